The molecular formula is C14H18F3N3O2S. The summed E-state index contributed by atoms with van der Waals surface area (Å²) >= 11 is 0. The molecule has 0 aliphatic carbocycles. The molecule has 0 saturated heterocycles. The number of hydrogen-bond acceptors (Lipinski definition) is 3. The molecule has 1 aromatic rings. The van der Waals surface area contributed by atoms with Crippen molar-refractivity contribution in [2.75, 3.05) is 13.6 Å². The standard InChI is InChI=1S/C14H18F3N3O2S/c1-11(19-23(21,22)20(2)9-3-8-18)10-12-4-6-13(7-5-12)14(15,16)17/h4-7,11,19H,3,9-10H2,1-2H3/t11-/m0/s1. The van der Waals surface area contributed by atoms with Crippen LogP contribution in [0.4, 0.5) is 13.2 Å². The van der Waals surface area contributed by atoms with E-state index < -0.39 is 28.0 Å². The number of nitrogens with one attached hydrogen (secondary N) is 1. The highest BCUT2D eigenvalue weighted by atomic mass is 32.2. The summed E-state index contributed by atoms with van der Waals surface area (Å²) in [6, 6.07) is 5.95. The van der Waals surface area contributed by atoms with E-state index in [1.54, 1.807) is 6.92 Å². The molecule has 0 aromatic heterocycles. The lowest BCUT2D eigenvalue weighted by molar-refractivity contribution is -0.137. The summed E-state index contributed by atoms with van der Waals surface area (Å²) < 4.78 is 64.8. The first-order valence-corrected chi connectivity index (χ1v) is 8.27. The lowest BCUT2D eigenvalue weighted by Gasteiger charge is -2.20. The van der Waals surface area contributed by atoms with Gasteiger partial charge in [0.2, 0.25) is 0 Å². The Hall–Kier alpha value is -1.63. The van der Waals surface area contributed by atoms with E-state index in [1.807, 2.05) is 6.07 Å². The van der Waals surface area contributed by atoms with Crippen molar-refractivity contribution >= 4 is 10.2 Å². The minimum absolute atomic E-state index is 0.0683. The van der Waals surface area contributed by atoms with Crippen LogP contribution in [0.1, 0.15) is 24.5 Å². The third-order valence-corrected chi connectivity index (χ3v) is 4.83. The Morgan fingerprint density at radius 3 is 2.35 bits per heavy atom. The summed E-state index contributed by atoms with van der Waals surface area (Å²) in [6.07, 6.45) is -4.07. The lowest BCUT2D eigenvalue weighted by atomic mass is 10.1. The molecule has 1 rings (SSSR count). The third-order valence-electron chi connectivity index (χ3n) is 3.12. The van der Waals surface area contributed by atoms with E-state index in [1.165, 1.54) is 19.2 Å². The van der Waals surface area contributed by atoms with Crippen LogP contribution in [0.5, 0.6) is 0 Å². The number of benzene rings is 1. The van der Waals surface area contributed by atoms with Gasteiger partial charge in [-0.05, 0) is 31.0 Å². The maximum atomic E-state index is 12.5. The second kappa shape index (κ2) is 7.77. The normalized spacial score (nSPS) is 13.8. The van der Waals surface area contributed by atoms with Gasteiger partial charge in [0.25, 0.3) is 10.2 Å². The molecule has 0 bridgehead atoms. The fraction of sp³-hybridized carbons (Fsp3) is 0.500. The molecule has 1 N–H and O–H groups in total. The topological polar surface area (TPSA) is 73.2 Å². The molecule has 9 heteroatoms. The highest BCUT2D eigenvalue weighted by Gasteiger charge is 2.30. The van der Waals surface area contributed by atoms with Crippen LogP contribution in [0.3, 0.4) is 0 Å². The number of rotatable bonds is 7. The Labute approximate surface area is 133 Å². The van der Waals surface area contributed by atoms with Gasteiger partial charge in [-0.15, -0.1) is 0 Å². The van der Waals surface area contributed by atoms with Crippen LogP contribution in [0, 0.1) is 11.3 Å². The lowest BCUT2D eigenvalue weighted by Crippen LogP contribution is -2.43. The summed E-state index contributed by atoms with van der Waals surface area (Å²) in [5, 5.41) is 8.47. The Balaban J connectivity index is 2.66. The Morgan fingerprint density at radius 1 is 1.30 bits per heavy atom. The van der Waals surface area contributed by atoms with Crippen LogP contribution in [-0.4, -0.2) is 32.4 Å². The summed E-state index contributed by atoms with van der Waals surface area (Å²) in [4.78, 5) is 0. The molecular weight excluding hydrogens is 331 g/mol. The summed E-state index contributed by atoms with van der Waals surface area (Å²) in [6.45, 7) is 1.69. The monoisotopic (exact) mass is 349 g/mol. The zero-order valence-electron chi connectivity index (χ0n) is 12.8. The highest BCUT2D eigenvalue weighted by Crippen LogP contribution is 2.29. The van der Waals surface area contributed by atoms with Crippen molar-refractivity contribution in [3.8, 4) is 6.07 Å². The van der Waals surface area contributed by atoms with Crippen LogP contribution in [0.2, 0.25) is 0 Å². The molecule has 0 amide bonds. The summed E-state index contributed by atoms with van der Waals surface area (Å²) in [5.74, 6) is 0. The van der Waals surface area contributed by atoms with Gasteiger partial charge in [-0.2, -0.15) is 35.9 Å². The van der Waals surface area contributed by atoms with Gasteiger partial charge in [-0.25, -0.2) is 0 Å². The average molecular weight is 349 g/mol. The molecule has 23 heavy (non-hydrogen) atoms. The molecule has 0 saturated carbocycles. The van der Waals surface area contributed by atoms with Crippen molar-refractivity contribution in [3.63, 3.8) is 0 Å². The van der Waals surface area contributed by atoms with Crippen molar-refractivity contribution < 1.29 is 21.6 Å². The fourth-order valence-electron chi connectivity index (χ4n) is 1.90. The summed E-state index contributed by atoms with van der Waals surface area (Å²) in [7, 11) is -2.38. The third kappa shape index (κ3) is 6.17. The maximum Gasteiger partial charge on any atom is 0.416 e. The SMILES string of the molecule is C[C@@H](Cc1ccc(C(F)(F)F)cc1)NS(=O)(=O)N(C)CCC#N. The van der Waals surface area contributed by atoms with E-state index in [2.05, 4.69) is 4.72 Å². The van der Waals surface area contributed by atoms with Crippen molar-refractivity contribution in [1.82, 2.24) is 9.03 Å². The second-order valence-electron chi connectivity index (χ2n) is 5.15. The Kier molecular flexibility index (Phi) is 6.56. The zero-order chi connectivity index (χ0) is 17.7. The Bertz CT molecular complexity index is 651. The molecule has 1 atom stereocenters. The van der Waals surface area contributed by atoms with Gasteiger partial charge in [0.05, 0.1) is 11.6 Å². The number of nitrogens with zero attached hydrogens (tertiary/aromatic N) is 2. The molecule has 0 heterocycles. The van der Waals surface area contributed by atoms with E-state index in [4.69, 9.17) is 5.26 Å². The minimum Gasteiger partial charge on any atom is -0.199 e. The molecule has 0 unspecified atom stereocenters. The van der Waals surface area contributed by atoms with Crippen LogP contribution >= 0.6 is 0 Å². The highest BCUT2D eigenvalue weighted by molar-refractivity contribution is 7.87. The van der Waals surface area contributed by atoms with E-state index >= 15 is 0 Å². The smallest absolute Gasteiger partial charge is 0.199 e. The molecule has 5 nitrogen and oxygen atoms in total. The van der Waals surface area contributed by atoms with E-state index in [0.29, 0.717) is 5.56 Å². The zero-order valence-corrected chi connectivity index (χ0v) is 13.6. The number of alkyl halides is 3. The van der Waals surface area contributed by atoms with Crippen LogP contribution in [-0.2, 0) is 22.8 Å². The van der Waals surface area contributed by atoms with Gasteiger partial charge in [0.15, 0.2) is 0 Å². The van der Waals surface area contributed by atoms with Crippen molar-refractivity contribution in [1.29, 1.82) is 5.26 Å². The van der Waals surface area contributed by atoms with Crippen molar-refractivity contribution in [2.24, 2.45) is 0 Å². The van der Waals surface area contributed by atoms with Gasteiger partial charge in [-0.3, -0.25) is 0 Å². The largest absolute Gasteiger partial charge is 0.416 e. The van der Waals surface area contributed by atoms with Crippen LogP contribution in [0.15, 0.2) is 24.3 Å². The van der Waals surface area contributed by atoms with Gasteiger partial charge >= 0.3 is 6.18 Å². The maximum absolute atomic E-state index is 12.5. The number of nitriles is 1. The first-order chi connectivity index (χ1) is 10.6. The molecule has 0 fully saturated rings. The van der Waals surface area contributed by atoms with Crippen LogP contribution in [0.25, 0.3) is 0 Å². The average Bonchev–Trinajstić information content (AvgIpc) is 2.43. The first-order valence-electron chi connectivity index (χ1n) is 6.83. The summed E-state index contributed by atoms with van der Waals surface area (Å²) in [5.41, 5.74) is -0.154. The molecule has 128 valence electrons. The van der Waals surface area contributed by atoms with Crippen molar-refractivity contribution in [2.45, 2.75) is 32.0 Å². The van der Waals surface area contributed by atoms with E-state index in [0.717, 1.165) is 16.4 Å². The second-order valence-corrected chi connectivity index (χ2v) is 6.96. The van der Waals surface area contributed by atoms with Crippen molar-refractivity contribution in [3.05, 3.63) is 35.4 Å². The Morgan fingerprint density at radius 2 is 1.87 bits per heavy atom. The fourth-order valence-corrected chi connectivity index (χ4v) is 3.00. The number of hydrogen-bond donors (Lipinski definition) is 1. The van der Waals surface area contributed by atoms with Gasteiger partial charge in [-0.1, -0.05) is 12.1 Å². The quantitative estimate of drug-likeness (QED) is 0.821. The molecule has 0 spiro atoms. The van der Waals surface area contributed by atoms with E-state index in [-0.39, 0.29) is 19.4 Å². The van der Waals surface area contributed by atoms with Crippen LogP contribution < -0.4 is 4.72 Å². The van der Waals surface area contributed by atoms with E-state index in [9.17, 15) is 21.6 Å². The molecule has 0 aliphatic rings. The predicted octanol–water partition coefficient (Wildman–Crippen LogP) is 2.32. The predicted molar refractivity (Wildman–Crippen MR) is 79.5 cm³/mol. The number of halogens is 3. The first kappa shape index (κ1) is 19.4. The minimum atomic E-state index is -4.39. The van der Waals surface area contributed by atoms with Gasteiger partial charge in [0, 0.05) is 26.1 Å². The van der Waals surface area contributed by atoms with Gasteiger partial charge < -0.3 is 0 Å². The van der Waals surface area contributed by atoms with Gasteiger partial charge in [0.1, 0.15) is 0 Å². The molecule has 0 aliphatic heterocycles. The molecule has 0 radical (unpaired) electrons. The molecule has 1 aromatic carbocycles.